The van der Waals surface area contributed by atoms with Gasteiger partial charge in [-0.15, -0.1) is 0 Å². The molecule has 0 spiro atoms. The monoisotopic (exact) mass is 315 g/mol. The molecule has 3 nitrogen and oxygen atoms in total. The van der Waals surface area contributed by atoms with Crippen LogP contribution in [0.25, 0.3) is 0 Å². The number of ketones is 1. The summed E-state index contributed by atoms with van der Waals surface area (Å²) in [6.07, 6.45) is 4.54. The number of nitrogens with zero attached hydrogens (tertiary/aromatic N) is 1. The highest BCUT2D eigenvalue weighted by molar-refractivity contribution is 5.99. The van der Waals surface area contributed by atoms with E-state index in [2.05, 4.69) is 18.7 Å². The Balaban J connectivity index is 1.38. The quantitative estimate of drug-likeness (QED) is 0.562. The van der Waals surface area contributed by atoms with Crippen molar-refractivity contribution in [2.24, 2.45) is 17.8 Å². The zero-order valence-electron chi connectivity index (χ0n) is 14.5. The van der Waals surface area contributed by atoms with Crippen molar-refractivity contribution in [3.8, 4) is 5.75 Å². The molecule has 1 aromatic rings. The minimum Gasteiger partial charge on any atom is -0.494 e. The normalized spacial score (nSPS) is 25.3. The molecule has 0 unspecified atom stereocenters. The molecule has 23 heavy (non-hydrogen) atoms. The maximum atomic E-state index is 12.0. The van der Waals surface area contributed by atoms with E-state index in [1.807, 2.05) is 24.3 Å². The predicted molar refractivity (Wildman–Crippen MR) is 93.0 cm³/mol. The lowest BCUT2D eigenvalue weighted by Gasteiger charge is -2.34. The summed E-state index contributed by atoms with van der Waals surface area (Å²) in [4.78, 5) is 14.5. The highest BCUT2D eigenvalue weighted by Crippen LogP contribution is 2.32. The van der Waals surface area contributed by atoms with Gasteiger partial charge in [-0.25, -0.2) is 0 Å². The van der Waals surface area contributed by atoms with E-state index in [0.29, 0.717) is 5.78 Å². The third kappa shape index (κ3) is 4.81. The van der Waals surface area contributed by atoms with E-state index in [1.54, 1.807) is 0 Å². The molecule has 0 radical (unpaired) electrons. The Morgan fingerprint density at radius 1 is 1.13 bits per heavy atom. The van der Waals surface area contributed by atoms with Crippen LogP contribution >= 0.6 is 0 Å². The van der Waals surface area contributed by atoms with Gasteiger partial charge < -0.3 is 9.64 Å². The number of ether oxygens (including phenoxy) is 1. The van der Waals surface area contributed by atoms with Crippen LogP contribution in [-0.4, -0.2) is 36.9 Å². The second-order valence-corrected chi connectivity index (χ2v) is 7.57. The van der Waals surface area contributed by atoms with Crippen molar-refractivity contribution in [2.45, 2.75) is 39.5 Å². The molecule has 0 amide bonds. The fourth-order valence-corrected chi connectivity index (χ4v) is 3.75. The number of carbonyl (C=O) groups excluding carboxylic acids is 1. The van der Waals surface area contributed by atoms with Gasteiger partial charge in [-0.05, 0) is 61.8 Å². The number of likely N-dealkylation sites (tertiary alicyclic amines) is 1. The van der Waals surface area contributed by atoms with Gasteiger partial charge in [0.05, 0.1) is 6.61 Å². The van der Waals surface area contributed by atoms with Gasteiger partial charge in [-0.2, -0.15) is 0 Å². The summed E-state index contributed by atoms with van der Waals surface area (Å²) in [5.41, 5.74) is 0.830. The van der Waals surface area contributed by atoms with Gasteiger partial charge in [-0.1, -0.05) is 13.8 Å². The van der Waals surface area contributed by atoms with Crippen LogP contribution in [0.15, 0.2) is 24.3 Å². The molecule has 0 N–H and O–H groups in total. The Labute approximate surface area is 140 Å². The van der Waals surface area contributed by atoms with E-state index in [4.69, 9.17) is 4.74 Å². The Hall–Kier alpha value is -1.35. The molecular formula is C20H29NO2. The Bertz CT molecular complexity index is 511. The number of hydrogen-bond donors (Lipinski definition) is 0. The van der Waals surface area contributed by atoms with E-state index in [-0.39, 0.29) is 5.92 Å². The second-order valence-electron chi connectivity index (χ2n) is 7.57. The summed E-state index contributed by atoms with van der Waals surface area (Å²) in [6, 6.07) is 7.68. The fourth-order valence-electron chi connectivity index (χ4n) is 3.75. The molecule has 1 aromatic carbocycles. The van der Waals surface area contributed by atoms with E-state index in [1.165, 1.54) is 19.5 Å². The lowest BCUT2D eigenvalue weighted by atomic mass is 9.92. The summed E-state index contributed by atoms with van der Waals surface area (Å²) in [5, 5.41) is 0. The third-order valence-electron chi connectivity index (χ3n) is 4.92. The molecule has 1 saturated heterocycles. The molecule has 2 atom stereocenters. The minimum absolute atomic E-state index is 0.288. The third-order valence-corrected chi connectivity index (χ3v) is 4.92. The molecule has 0 aromatic heterocycles. The van der Waals surface area contributed by atoms with Crippen molar-refractivity contribution in [2.75, 3.05) is 26.2 Å². The maximum Gasteiger partial charge on any atom is 0.165 e. The van der Waals surface area contributed by atoms with Crippen molar-refractivity contribution in [3.63, 3.8) is 0 Å². The minimum atomic E-state index is 0.288. The van der Waals surface area contributed by atoms with Crippen LogP contribution in [0.1, 0.15) is 49.9 Å². The van der Waals surface area contributed by atoms with E-state index in [0.717, 1.165) is 55.6 Å². The number of benzene rings is 1. The molecule has 1 aliphatic heterocycles. The molecular weight excluding hydrogens is 286 g/mol. The summed E-state index contributed by atoms with van der Waals surface area (Å²) in [5.74, 6) is 3.09. The molecule has 3 heteroatoms. The van der Waals surface area contributed by atoms with Crippen molar-refractivity contribution in [1.29, 1.82) is 0 Å². The van der Waals surface area contributed by atoms with Gasteiger partial charge in [0.1, 0.15) is 5.75 Å². The summed E-state index contributed by atoms with van der Waals surface area (Å²) in [6.45, 7) is 9.01. The van der Waals surface area contributed by atoms with Crippen molar-refractivity contribution >= 4 is 5.78 Å². The Morgan fingerprint density at radius 3 is 2.39 bits per heavy atom. The number of carbonyl (C=O) groups is 1. The van der Waals surface area contributed by atoms with Crippen LogP contribution in [0.4, 0.5) is 0 Å². The Kier molecular flexibility index (Phi) is 5.37. The Morgan fingerprint density at radius 2 is 1.78 bits per heavy atom. The zero-order chi connectivity index (χ0) is 16.2. The lowest BCUT2D eigenvalue weighted by Crippen LogP contribution is -2.39. The first-order valence-electron chi connectivity index (χ1n) is 9.11. The van der Waals surface area contributed by atoms with Crippen LogP contribution in [0.3, 0.4) is 0 Å². The molecule has 2 fully saturated rings. The van der Waals surface area contributed by atoms with Crippen LogP contribution in [0.2, 0.25) is 0 Å². The number of Topliss-reactive ketones (excluding diaryl/α,β-unsaturated/α-hetero) is 1. The van der Waals surface area contributed by atoms with Gasteiger partial charge in [0.2, 0.25) is 0 Å². The number of hydrogen-bond acceptors (Lipinski definition) is 3. The first-order valence-corrected chi connectivity index (χ1v) is 9.11. The first-order chi connectivity index (χ1) is 11.1. The largest absolute Gasteiger partial charge is 0.494 e. The standard InChI is InChI=1S/C20H29NO2/c1-15-12-16(2)14-21(13-15)10-3-11-23-19-8-6-18(7-9-19)20(22)17-4-5-17/h6-9,15-17H,3-5,10-14H2,1-2H3/t15-,16+. The summed E-state index contributed by atoms with van der Waals surface area (Å²) in [7, 11) is 0. The maximum absolute atomic E-state index is 12.0. The van der Waals surface area contributed by atoms with Crippen molar-refractivity contribution in [3.05, 3.63) is 29.8 Å². The zero-order valence-corrected chi connectivity index (χ0v) is 14.5. The summed E-state index contributed by atoms with van der Waals surface area (Å²) >= 11 is 0. The van der Waals surface area contributed by atoms with Crippen LogP contribution in [0, 0.1) is 17.8 Å². The van der Waals surface area contributed by atoms with Gasteiger partial charge in [0.25, 0.3) is 0 Å². The summed E-state index contributed by atoms with van der Waals surface area (Å²) < 4.78 is 5.82. The predicted octanol–water partition coefficient (Wildman–Crippen LogP) is 4.03. The van der Waals surface area contributed by atoms with Crippen LogP contribution in [-0.2, 0) is 0 Å². The SMILES string of the molecule is C[C@@H]1C[C@H](C)CN(CCCOc2ccc(C(=O)C3CC3)cc2)C1. The second kappa shape index (κ2) is 7.48. The molecule has 1 saturated carbocycles. The van der Waals surface area contributed by atoms with E-state index < -0.39 is 0 Å². The molecule has 126 valence electrons. The topological polar surface area (TPSA) is 29.5 Å². The van der Waals surface area contributed by atoms with Crippen molar-refractivity contribution in [1.82, 2.24) is 4.90 Å². The van der Waals surface area contributed by atoms with Gasteiger partial charge in [0, 0.05) is 31.1 Å². The lowest BCUT2D eigenvalue weighted by molar-refractivity contribution is 0.0967. The smallest absolute Gasteiger partial charge is 0.165 e. The molecule has 0 bridgehead atoms. The van der Waals surface area contributed by atoms with Crippen molar-refractivity contribution < 1.29 is 9.53 Å². The highest BCUT2D eigenvalue weighted by Gasteiger charge is 2.30. The van der Waals surface area contributed by atoms with Crippen LogP contribution in [0.5, 0.6) is 5.75 Å². The highest BCUT2D eigenvalue weighted by atomic mass is 16.5. The first kappa shape index (κ1) is 16.5. The average Bonchev–Trinajstić information content (AvgIpc) is 3.35. The average molecular weight is 315 g/mol. The number of rotatable bonds is 7. The van der Waals surface area contributed by atoms with Gasteiger partial charge in [-0.3, -0.25) is 4.79 Å². The van der Waals surface area contributed by atoms with E-state index in [9.17, 15) is 4.79 Å². The van der Waals surface area contributed by atoms with Crippen LogP contribution < -0.4 is 4.74 Å². The van der Waals surface area contributed by atoms with Gasteiger partial charge in [0.15, 0.2) is 5.78 Å². The molecule has 3 rings (SSSR count). The fraction of sp³-hybridized carbons (Fsp3) is 0.650. The number of piperidine rings is 1. The molecule has 2 aliphatic rings. The molecule has 1 aliphatic carbocycles. The molecule has 1 heterocycles. The van der Waals surface area contributed by atoms with Gasteiger partial charge >= 0.3 is 0 Å². The van der Waals surface area contributed by atoms with E-state index >= 15 is 0 Å².